The minimum absolute atomic E-state index is 0.0222. The van der Waals surface area contributed by atoms with E-state index in [0.29, 0.717) is 12.3 Å². The highest BCUT2D eigenvalue weighted by Gasteiger charge is 2.18. The van der Waals surface area contributed by atoms with E-state index in [2.05, 4.69) is 24.2 Å². The monoisotopic (exact) mass is 241 g/mol. The number of nitrogens with one attached hydrogen (secondary N) is 1. The molecule has 1 heterocycles. The van der Waals surface area contributed by atoms with Gasteiger partial charge in [-0.3, -0.25) is 4.79 Å². The number of likely N-dealkylation sites (tertiary alicyclic amines) is 1. The second-order valence-electron chi connectivity index (χ2n) is 5.33. The van der Waals surface area contributed by atoms with Gasteiger partial charge in [-0.2, -0.15) is 0 Å². The first-order valence-corrected chi connectivity index (χ1v) is 6.82. The zero-order valence-corrected chi connectivity index (χ0v) is 11.2. The maximum absolute atomic E-state index is 11.6. The molecule has 1 saturated heterocycles. The molecule has 0 saturated carbocycles. The predicted octanol–water partition coefficient (Wildman–Crippen LogP) is 0.962. The van der Waals surface area contributed by atoms with Crippen LogP contribution in [0.25, 0.3) is 0 Å². The number of hydrogen-bond donors (Lipinski definition) is 2. The highest BCUT2D eigenvalue weighted by atomic mass is 16.1. The molecule has 1 amide bonds. The van der Waals surface area contributed by atoms with E-state index >= 15 is 0 Å². The van der Waals surface area contributed by atoms with Crippen molar-refractivity contribution in [2.45, 2.75) is 45.1 Å². The van der Waals surface area contributed by atoms with Crippen LogP contribution in [0.3, 0.4) is 0 Å². The van der Waals surface area contributed by atoms with Gasteiger partial charge in [0.2, 0.25) is 5.91 Å². The highest BCUT2D eigenvalue weighted by molar-refractivity contribution is 5.76. The third-order valence-electron chi connectivity index (χ3n) is 3.42. The van der Waals surface area contributed by atoms with Crippen molar-refractivity contribution in [3.63, 3.8) is 0 Å². The largest absolute Gasteiger partial charge is 0.356 e. The molecule has 4 nitrogen and oxygen atoms in total. The molecular formula is C13H27N3O. The molecule has 0 aromatic rings. The quantitative estimate of drug-likeness (QED) is 0.728. The Balaban J connectivity index is 2.14. The number of carbonyl (C=O) groups excluding carboxylic acids is 1. The summed E-state index contributed by atoms with van der Waals surface area (Å²) in [5.74, 6) is 0.722. The van der Waals surface area contributed by atoms with E-state index in [1.54, 1.807) is 0 Å². The first kappa shape index (κ1) is 14.5. The molecule has 0 radical (unpaired) electrons. The summed E-state index contributed by atoms with van der Waals surface area (Å²) in [6.07, 6.45) is 4.91. The number of nitrogens with two attached hydrogens (primary N) is 1. The van der Waals surface area contributed by atoms with Crippen molar-refractivity contribution in [3.8, 4) is 0 Å². The maximum atomic E-state index is 11.6. The number of carbonyl (C=O) groups is 1. The van der Waals surface area contributed by atoms with Crippen molar-refractivity contribution < 1.29 is 4.79 Å². The highest BCUT2D eigenvalue weighted by Crippen LogP contribution is 2.13. The number of piperidine rings is 1. The molecular weight excluding hydrogens is 214 g/mol. The molecule has 1 fully saturated rings. The first-order chi connectivity index (χ1) is 8.11. The van der Waals surface area contributed by atoms with Gasteiger partial charge in [-0.15, -0.1) is 0 Å². The first-order valence-electron chi connectivity index (χ1n) is 6.82. The summed E-state index contributed by atoms with van der Waals surface area (Å²) in [7, 11) is 2.14. The van der Waals surface area contributed by atoms with Crippen LogP contribution >= 0.6 is 0 Å². The summed E-state index contributed by atoms with van der Waals surface area (Å²) >= 11 is 0. The summed E-state index contributed by atoms with van der Waals surface area (Å²) in [4.78, 5) is 14.0. The van der Waals surface area contributed by atoms with Crippen LogP contribution in [0, 0.1) is 5.92 Å². The van der Waals surface area contributed by atoms with Crippen molar-refractivity contribution in [1.82, 2.24) is 10.2 Å². The SMILES string of the molecule is CCCC(N)CC(=O)NCC1CCCN(C)C1. The molecule has 2 atom stereocenters. The zero-order valence-electron chi connectivity index (χ0n) is 11.2. The molecule has 17 heavy (non-hydrogen) atoms. The predicted molar refractivity (Wildman–Crippen MR) is 70.7 cm³/mol. The van der Waals surface area contributed by atoms with Crippen LogP contribution in [0.1, 0.15) is 39.0 Å². The summed E-state index contributed by atoms with van der Waals surface area (Å²) in [6, 6.07) is 0.0222. The number of amides is 1. The summed E-state index contributed by atoms with van der Waals surface area (Å²) < 4.78 is 0. The standard InChI is InChI=1S/C13H27N3O/c1-3-5-12(14)8-13(17)15-9-11-6-4-7-16(2)10-11/h11-12H,3-10,14H2,1-2H3,(H,15,17). The van der Waals surface area contributed by atoms with Gasteiger partial charge < -0.3 is 16.0 Å². The van der Waals surface area contributed by atoms with Crippen molar-refractivity contribution >= 4 is 5.91 Å². The summed E-state index contributed by atoms with van der Waals surface area (Å²) in [5, 5.41) is 3.02. The molecule has 1 aliphatic rings. The topological polar surface area (TPSA) is 58.4 Å². The second-order valence-corrected chi connectivity index (χ2v) is 5.33. The Morgan fingerprint density at radius 2 is 2.35 bits per heavy atom. The average molecular weight is 241 g/mol. The molecule has 100 valence electrons. The third kappa shape index (κ3) is 6.03. The fourth-order valence-electron chi connectivity index (χ4n) is 2.48. The van der Waals surface area contributed by atoms with E-state index in [0.717, 1.165) is 25.9 Å². The van der Waals surface area contributed by atoms with Crippen molar-refractivity contribution in [1.29, 1.82) is 0 Å². The molecule has 1 rings (SSSR count). The van der Waals surface area contributed by atoms with Crippen molar-refractivity contribution in [2.24, 2.45) is 11.7 Å². The van der Waals surface area contributed by atoms with Gasteiger partial charge in [0.15, 0.2) is 0 Å². The Morgan fingerprint density at radius 3 is 3.00 bits per heavy atom. The molecule has 0 spiro atoms. The summed E-state index contributed by atoms with van der Waals surface area (Å²) in [6.45, 7) is 5.19. The minimum Gasteiger partial charge on any atom is -0.356 e. The zero-order chi connectivity index (χ0) is 12.7. The van der Waals surface area contributed by atoms with Gasteiger partial charge in [0, 0.05) is 25.6 Å². The lowest BCUT2D eigenvalue weighted by Crippen LogP contribution is -2.40. The van der Waals surface area contributed by atoms with Gasteiger partial charge in [-0.25, -0.2) is 0 Å². The Kier molecular flexibility index (Phi) is 6.52. The maximum Gasteiger partial charge on any atom is 0.221 e. The minimum atomic E-state index is 0.0222. The fourth-order valence-corrected chi connectivity index (χ4v) is 2.48. The molecule has 0 aliphatic carbocycles. The summed E-state index contributed by atoms with van der Waals surface area (Å²) in [5.41, 5.74) is 5.85. The van der Waals surface area contributed by atoms with Gasteiger partial charge in [0.05, 0.1) is 0 Å². The van der Waals surface area contributed by atoms with Gasteiger partial charge in [0.25, 0.3) is 0 Å². The van der Waals surface area contributed by atoms with Crippen LogP contribution in [-0.4, -0.2) is 43.5 Å². The van der Waals surface area contributed by atoms with Crippen molar-refractivity contribution in [2.75, 3.05) is 26.7 Å². The lowest BCUT2D eigenvalue weighted by molar-refractivity contribution is -0.121. The number of rotatable bonds is 6. The van der Waals surface area contributed by atoms with Crippen molar-refractivity contribution in [3.05, 3.63) is 0 Å². The van der Waals surface area contributed by atoms with Crippen LogP contribution in [0.15, 0.2) is 0 Å². The van der Waals surface area contributed by atoms with E-state index in [1.807, 2.05) is 0 Å². The van der Waals surface area contributed by atoms with E-state index in [9.17, 15) is 4.79 Å². The lowest BCUT2D eigenvalue weighted by atomic mass is 9.98. The van der Waals surface area contributed by atoms with E-state index in [1.165, 1.54) is 19.4 Å². The van der Waals surface area contributed by atoms with Gasteiger partial charge in [-0.1, -0.05) is 13.3 Å². The number of hydrogen-bond acceptors (Lipinski definition) is 3. The van der Waals surface area contributed by atoms with Gasteiger partial charge in [-0.05, 0) is 38.8 Å². The lowest BCUT2D eigenvalue weighted by Gasteiger charge is -2.29. The van der Waals surface area contributed by atoms with Gasteiger partial charge in [0.1, 0.15) is 0 Å². The molecule has 0 aromatic heterocycles. The molecule has 0 aromatic carbocycles. The van der Waals surface area contributed by atoms with E-state index < -0.39 is 0 Å². The normalized spacial score (nSPS) is 23.4. The van der Waals surface area contributed by atoms with Crippen LogP contribution in [0.4, 0.5) is 0 Å². The van der Waals surface area contributed by atoms with Crippen LogP contribution in [-0.2, 0) is 4.79 Å². The molecule has 3 N–H and O–H groups in total. The molecule has 2 unspecified atom stereocenters. The van der Waals surface area contributed by atoms with Crippen LogP contribution in [0.5, 0.6) is 0 Å². The van der Waals surface area contributed by atoms with E-state index in [-0.39, 0.29) is 11.9 Å². The Labute approximate surface area is 105 Å². The smallest absolute Gasteiger partial charge is 0.221 e. The fraction of sp³-hybridized carbons (Fsp3) is 0.923. The molecule has 1 aliphatic heterocycles. The van der Waals surface area contributed by atoms with Crippen LogP contribution in [0.2, 0.25) is 0 Å². The third-order valence-corrected chi connectivity index (χ3v) is 3.42. The number of nitrogens with zero attached hydrogens (tertiary/aromatic N) is 1. The Bertz CT molecular complexity index is 233. The second kappa shape index (κ2) is 7.67. The Morgan fingerprint density at radius 1 is 1.59 bits per heavy atom. The van der Waals surface area contributed by atoms with Crippen LogP contribution < -0.4 is 11.1 Å². The molecule has 0 bridgehead atoms. The van der Waals surface area contributed by atoms with E-state index in [4.69, 9.17) is 5.73 Å². The van der Waals surface area contributed by atoms with Gasteiger partial charge >= 0.3 is 0 Å². The Hall–Kier alpha value is -0.610. The average Bonchev–Trinajstić information content (AvgIpc) is 2.27. The molecule has 4 heteroatoms.